The van der Waals surface area contributed by atoms with Gasteiger partial charge in [-0.25, -0.2) is 0 Å². The van der Waals surface area contributed by atoms with E-state index in [-0.39, 0.29) is 11.8 Å². The average molecular weight is 238 g/mol. The largest absolute Gasteiger partial charge is 0.353 e. The van der Waals surface area contributed by atoms with E-state index >= 15 is 0 Å². The summed E-state index contributed by atoms with van der Waals surface area (Å²) in [6.45, 7) is 5.78. The molecule has 2 heterocycles. The molecule has 0 radical (unpaired) electrons. The molecule has 2 unspecified atom stereocenters. The van der Waals surface area contributed by atoms with Crippen molar-refractivity contribution in [3.63, 3.8) is 0 Å². The third-order valence-electron chi connectivity index (χ3n) is 3.76. The molecule has 0 aromatic rings. The lowest BCUT2D eigenvalue weighted by atomic mass is 9.85. The molecule has 0 spiro atoms. The van der Waals surface area contributed by atoms with Crippen LogP contribution in [0.3, 0.4) is 0 Å². The van der Waals surface area contributed by atoms with E-state index in [1.54, 1.807) is 0 Å². The fraction of sp³-hybridized carbons (Fsp3) is 0.846. The molecule has 2 aliphatic heterocycles. The number of carbonyl (C=O) groups is 2. The molecule has 17 heavy (non-hydrogen) atoms. The number of likely N-dealkylation sites (tertiary alicyclic amines) is 1. The number of hydrogen-bond donors (Lipinski definition) is 1. The highest BCUT2D eigenvalue weighted by atomic mass is 16.2. The quantitative estimate of drug-likeness (QED) is 0.785. The number of hydrogen-bond acceptors (Lipinski definition) is 2. The molecule has 2 amide bonds. The van der Waals surface area contributed by atoms with Gasteiger partial charge in [-0.3, -0.25) is 9.59 Å². The zero-order chi connectivity index (χ0) is 12.4. The second-order valence-corrected chi connectivity index (χ2v) is 5.70. The monoisotopic (exact) mass is 238 g/mol. The number of fused-ring (bicyclic) bond motifs is 1. The van der Waals surface area contributed by atoms with E-state index < -0.39 is 0 Å². The van der Waals surface area contributed by atoms with Gasteiger partial charge in [0.1, 0.15) is 0 Å². The Labute approximate surface area is 103 Å². The van der Waals surface area contributed by atoms with Crippen molar-refractivity contribution < 1.29 is 9.59 Å². The second kappa shape index (κ2) is 5.07. The second-order valence-electron chi connectivity index (χ2n) is 5.70. The molecule has 2 rings (SSSR count). The van der Waals surface area contributed by atoms with Crippen LogP contribution in [0, 0.1) is 11.8 Å². The summed E-state index contributed by atoms with van der Waals surface area (Å²) in [5, 5.41) is 3.04. The molecule has 2 saturated heterocycles. The van der Waals surface area contributed by atoms with Gasteiger partial charge in [0.25, 0.3) is 0 Å². The van der Waals surface area contributed by atoms with Gasteiger partial charge in [-0.1, -0.05) is 13.8 Å². The van der Waals surface area contributed by atoms with Gasteiger partial charge in [0, 0.05) is 32.0 Å². The Bertz CT molecular complexity index is 315. The molecular formula is C13H22N2O2. The normalized spacial score (nSPS) is 28.9. The van der Waals surface area contributed by atoms with Crippen LogP contribution in [-0.4, -0.2) is 35.8 Å². The predicted octanol–water partition coefficient (Wildman–Crippen LogP) is 1.16. The Morgan fingerprint density at radius 3 is 2.94 bits per heavy atom. The van der Waals surface area contributed by atoms with E-state index in [1.807, 2.05) is 4.90 Å². The molecule has 0 aliphatic carbocycles. The van der Waals surface area contributed by atoms with Crippen molar-refractivity contribution in [2.75, 3.05) is 13.1 Å². The van der Waals surface area contributed by atoms with Crippen molar-refractivity contribution in [1.82, 2.24) is 10.2 Å². The molecule has 4 heteroatoms. The molecule has 2 atom stereocenters. The lowest BCUT2D eigenvalue weighted by Crippen LogP contribution is -2.55. The topological polar surface area (TPSA) is 49.4 Å². The van der Waals surface area contributed by atoms with Crippen molar-refractivity contribution in [2.24, 2.45) is 11.8 Å². The highest BCUT2D eigenvalue weighted by molar-refractivity contribution is 5.78. The number of carbonyl (C=O) groups excluding carboxylic acids is 2. The van der Waals surface area contributed by atoms with E-state index in [4.69, 9.17) is 0 Å². The summed E-state index contributed by atoms with van der Waals surface area (Å²) >= 11 is 0. The summed E-state index contributed by atoms with van der Waals surface area (Å²) in [5.41, 5.74) is 0. The number of nitrogens with one attached hydrogen (secondary N) is 1. The third-order valence-corrected chi connectivity index (χ3v) is 3.76. The van der Waals surface area contributed by atoms with E-state index in [9.17, 15) is 9.59 Å². The maximum atomic E-state index is 12.0. The van der Waals surface area contributed by atoms with E-state index in [2.05, 4.69) is 19.2 Å². The maximum Gasteiger partial charge on any atom is 0.222 e. The Balaban J connectivity index is 1.89. The smallest absolute Gasteiger partial charge is 0.222 e. The molecule has 4 nitrogen and oxygen atoms in total. The van der Waals surface area contributed by atoms with Gasteiger partial charge >= 0.3 is 0 Å². The number of piperidine rings is 2. The van der Waals surface area contributed by atoms with Crippen molar-refractivity contribution in [1.29, 1.82) is 0 Å². The SMILES string of the molecule is CC(C)CC(=O)N1CCC2NC(=O)CCC2C1. The van der Waals surface area contributed by atoms with Crippen molar-refractivity contribution in [2.45, 2.75) is 45.6 Å². The van der Waals surface area contributed by atoms with Crippen LogP contribution in [0.15, 0.2) is 0 Å². The van der Waals surface area contributed by atoms with Crippen LogP contribution in [0.1, 0.15) is 39.5 Å². The highest BCUT2D eigenvalue weighted by Crippen LogP contribution is 2.25. The van der Waals surface area contributed by atoms with Gasteiger partial charge < -0.3 is 10.2 Å². The van der Waals surface area contributed by atoms with E-state index in [0.717, 1.165) is 25.9 Å². The lowest BCUT2D eigenvalue weighted by molar-refractivity contribution is -0.135. The molecule has 0 aromatic carbocycles. The standard InChI is InChI=1S/C13H22N2O2/c1-9(2)7-13(17)15-6-5-11-10(8-15)3-4-12(16)14-11/h9-11H,3-8H2,1-2H3,(H,14,16). The van der Waals surface area contributed by atoms with Gasteiger partial charge in [-0.05, 0) is 24.7 Å². The minimum Gasteiger partial charge on any atom is -0.353 e. The van der Waals surface area contributed by atoms with Crippen LogP contribution < -0.4 is 5.32 Å². The summed E-state index contributed by atoms with van der Waals surface area (Å²) in [6.07, 6.45) is 3.11. The van der Waals surface area contributed by atoms with Crippen LogP contribution in [0.5, 0.6) is 0 Å². The van der Waals surface area contributed by atoms with E-state index in [1.165, 1.54) is 0 Å². The predicted molar refractivity (Wildman–Crippen MR) is 65.3 cm³/mol. The molecule has 1 N–H and O–H groups in total. The summed E-state index contributed by atoms with van der Waals surface area (Å²) in [4.78, 5) is 25.3. The van der Waals surface area contributed by atoms with E-state index in [0.29, 0.717) is 30.7 Å². The minimum absolute atomic E-state index is 0.174. The first-order valence-corrected chi connectivity index (χ1v) is 6.63. The van der Waals surface area contributed by atoms with Crippen molar-refractivity contribution in [3.05, 3.63) is 0 Å². The molecule has 2 aliphatic rings. The van der Waals surface area contributed by atoms with Gasteiger partial charge in [0.2, 0.25) is 11.8 Å². The minimum atomic E-state index is 0.174. The number of amides is 2. The Kier molecular flexibility index (Phi) is 3.69. The molecule has 0 aromatic heterocycles. The summed E-state index contributed by atoms with van der Waals surface area (Å²) in [7, 11) is 0. The fourth-order valence-corrected chi connectivity index (χ4v) is 2.82. The first-order valence-electron chi connectivity index (χ1n) is 6.63. The third kappa shape index (κ3) is 2.99. The molecule has 0 saturated carbocycles. The van der Waals surface area contributed by atoms with Crippen molar-refractivity contribution >= 4 is 11.8 Å². The first-order chi connectivity index (χ1) is 8.06. The highest BCUT2D eigenvalue weighted by Gasteiger charge is 2.35. The summed E-state index contributed by atoms with van der Waals surface area (Å²) in [5.74, 6) is 1.34. The summed E-state index contributed by atoms with van der Waals surface area (Å²) < 4.78 is 0. The lowest BCUT2D eigenvalue weighted by Gasteiger charge is -2.41. The first kappa shape index (κ1) is 12.4. The van der Waals surface area contributed by atoms with Gasteiger partial charge in [0.05, 0.1) is 0 Å². The zero-order valence-corrected chi connectivity index (χ0v) is 10.7. The maximum absolute atomic E-state index is 12.0. The zero-order valence-electron chi connectivity index (χ0n) is 10.7. The van der Waals surface area contributed by atoms with Gasteiger partial charge in [0.15, 0.2) is 0 Å². The van der Waals surface area contributed by atoms with Crippen LogP contribution in [0.2, 0.25) is 0 Å². The average Bonchev–Trinajstić information content (AvgIpc) is 2.27. The van der Waals surface area contributed by atoms with Crippen LogP contribution in [-0.2, 0) is 9.59 Å². The fourth-order valence-electron chi connectivity index (χ4n) is 2.82. The van der Waals surface area contributed by atoms with Gasteiger partial charge in [-0.15, -0.1) is 0 Å². The Morgan fingerprint density at radius 2 is 2.24 bits per heavy atom. The Morgan fingerprint density at radius 1 is 1.47 bits per heavy atom. The Hall–Kier alpha value is -1.06. The molecular weight excluding hydrogens is 216 g/mol. The molecule has 2 fully saturated rings. The van der Waals surface area contributed by atoms with Crippen LogP contribution in [0.4, 0.5) is 0 Å². The molecule has 0 bridgehead atoms. The van der Waals surface area contributed by atoms with Crippen LogP contribution in [0.25, 0.3) is 0 Å². The van der Waals surface area contributed by atoms with Crippen LogP contribution >= 0.6 is 0 Å². The molecule has 96 valence electrons. The number of nitrogens with zero attached hydrogens (tertiary/aromatic N) is 1. The number of rotatable bonds is 2. The summed E-state index contributed by atoms with van der Waals surface area (Å²) in [6, 6.07) is 0.305. The van der Waals surface area contributed by atoms with Crippen molar-refractivity contribution in [3.8, 4) is 0 Å². The van der Waals surface area contributed by atoms with Gasteiger partial charge in [-0.2, -0.15) is 0 Å².